The quantitative estimate of drug-likeness (QED) is 0.768. The summed E-state index contributed by atoms with van der Waals surface area (Å²) >= 11 is 0. The maximum absolute atomic E-state index is 11.7. The highest BCUT2D eigenvalue weighted by atomic mass is 16.5. The summed E-state index contributed by atoms with van der Waals surface area (Å²) in [6.07, 6.45) is 3.04. The number of benzene rings is 1. The summed E-state index contributed by atoms with van der Waals surface area (Å²) in [6.45, 7) is -0.651. The molecule has 0 radical (unpaired) electrons. The number of methoxy groups -OCH3 is 1. The van der Waals surface area contributed by atoms with Gasteiger partial charge in [-0.1, -0.05) is 12.1 Å². The number of hydrogen-bond acceptors (Lipinski definition) is 4. The van der Waals surface area contributed by atoms with Crippen molar-refractivity contribution in [2.45, 2.75) is 0 Å². The minimum atomic E-state index is -0.556. The number of aliphatic hydroxyl groups excluding tert-OH is 1. The van der Waals surface area contributed by atoms with Crippen molar-refractivity contribution in [3.63, 3.8) is 0 Å². The fourth-order valence-corrected chi connectivity index (χ4v) is 1.40. The first-order valence-electron chi connectivity index (χ1n) is 5.76. The molecule has 0 atom stereocenters. The molecule has 0 saturated carbocycles. The van der Waals surface area contributed by atoms with E-state index >= 15 is 0 Å². The van der Waals surface area contributed by atoms with Crippen LogP contribution in [0.15, 0.2) is 30.3 Å². The number of Topliss-reactive ketones (excluding diaryl/α,β-unsaturated/α-hetero) is 1. The van der Waals surface area contributed by atoms with E-state index in [1.165, 1.54) is 18.0 Å². The SMILES string of the molecule is COc1ccc(C=CC(=O)N(C)CC(=O)CO)cc1. The third-order valence-electron chi connectivity index (χ3n) is 2.50. The van der Waals surface area contributed by atoms with Crippen molar-refractivity contribution >= 4 is 17.8 Å². The molecule has 5 heteroatoms. The van der Waals surface area contributed by atoms with Crippen LogP contribution in [-0.4, -0.2) is 49.0 Å². The van der Waals surface area contributed by atoms with Crippen LogP contribution in [0, 0.1) is 0 Å². The lowest BCUT2D eigenvalue weighted by molar-refractivity contribution is -0.131. The Bertz CT molecular complexity index is 465. The van der Waals surface area contributed by atoms with Gasteiger partial charge in [0.15, 0.2) is 5.78 Å². The second-order valence-electron chi connectivity index (χ2n) is 4.00. The molecule has 0 fully saturated rings. The zero-order valence-electron chi connectivity index (χ0n) is 11.0. The van der Waals surface area contributed by atoms with Gasteiger partial charge >= 0.3 is 0 Å². The van der Waals surface area contributed by atoms with Crippen LogP contribution in [0.4, 0.5) is 0 Å². The van der Waals surface area contributed by atoms with E-state index in [9.17, 15) is 9.59 Å². The van der Waals surface area contributed by atoms with Gasteiger partial charge in [0.05, 0.1) is 13.7 Å². The molecule has 102 valence electrons. The first-order chi connectivity index (χ1) is 9.06. The van der Waals surface area contributed by atoms with E-state index < -0.39 is 12.4 Å². The third-order valence-corrected chi connectivity index (χ3v) is 2.50. The van der Waals surface area contributed by atoms with Gasteiger partial charge in [0, 0.05) is 13.1 Å². The average molecular weight is 263 g/mol. The van der Waals surface area contributed by atoms with E-state index in [1.54, 1.807) is 25.3 Å². The Balaban J connectivity index is 2.59. The first kappa shape index (κ1) is 14.9. The van der Waals surface area contributed by atoms with Gasteiger partial charge in [0.2, 0.25) is 5.91 Å². The number of ether oxygens (including phenoxy) is 1. The monoisotopic (exact) mass is 263 g/mol. The Morgan fingerprint density at radius 1 is 1.32 bits per heavy atom. The van der Waals surface area contributed by atoms with E-state index in [2.05, 4.69) is 0 Å². The van der Waals surface area contributed by atoms with E-state index in [0.717, 1.165) is 11.3 Å². The van der Waals surface area contributed by atoms with Crippen LogP contribution in [0.25, 0.3) is 6.08 Å². The summed E-state index contributed by atoms with van der Waals surface area (Å²) in [6, 6.07) is 7.23. The molecule has 0 aliphatic heterocycles. The van der Waals surface area contributed by atoms with Gasteiger partial charge < -0.3 is 14.7 Å². The van der Waals surface area contributed by atoms with Gasteiger partial charge in [-0.2, -0.15) is 0 Å². The number of carbonyl (C=O) groups excluding carboxylic acids is 2. The predicted molar refractivity (Wildman–Crippen MR) is 71.8 cm³/mol. The highest BCUT2D eigenvalue weighted by molar-refractivity contribution is 5.94. The van der Waals surface area contributed by atoms with Gasteiger partial charge in [-0.05, 0) is 23.8 Å². The molecule has 0 heterocycles. The molecule has 0 saturated heterocycles. The number of ketones is 1. The Hall–Kier alpha value is -2.14. The van der Waals surface area contributed by atoms with Gasteiger partial charge in [0.1, 0.15) is 12.4 Å². The average Bonchev–Trinajstić information content (AvgIpc) is 2.44. The Kier molecular flexibility index (Phi) is 5.75. The molecule has 1 N–H and O–H groups in total. The summed E-state index contributed by atoms with van der Waals surface area (Å²) in [5, 5.41) is 8.61. The van der Waals surface area contributed by atoms with Crippen molar-refractivity contribution in [3.8, 4) is 5.75 Å². The minimum Gasteiger partial charge on any atom is -0.497 e. The van der Waals surface area contributed by atoms with E-state index in [4.69, 9.17) is 9.84 Å². The van der Waals surface area contributed by atoms with Crippen molar-refractivity contribution in [2.75, 3.05) is 27.3 Å². The second kappa shape index (κ2) is 7.33. The number of rotatable bonds is 6. The molecule has 0 unspecified atom stereocenters. The molecule has 1 rings (SSSR count). The van der Waals surface area contributed by atoms with Crippen molar-refractivity contribution in [1.82, 2.24) is 4.90 Å². The molecule has 0 bridgehead atoms. The molecule has 0 aliphatic carbocycles. The summed E-state index contributed by atoms with van der Waals surface area (Å²) in [5.41, 5.74) is 0.857. The molecule has 1 aromatic carbocycles. The van der Waals surface area contributed by atoms with E-state index in [-0.39, 0.29) is 12.5 Å². The molecular formula is C14H17NO4. The number of aliphatic hydroxyl groups is 1. The van der Waals surface area contributed by atoms with Gasteiger partial charge in [-0.3, -0.25) is 9.59 Å². The van der Waals surface area contributed by atoms with Crippen LogP contribution < -0.4 is 4.74 Å². The van der Waals surface area contributed by atoms with Gasteiger partial charge in [0.25, 0.3) is 0 Å². The normalized spacial score (nSPS) is 10.5. The summed E-state index contributed by atoms with van der Waals surface area (Å²) in [4.78, 5) is 23.9. The van der Waals surface area contributed by atoms with E-state index in [0.29, 0.717) is 0 Å². The van der Waals surface area contributed by atoms with Gasteiger partial charge in [-0.25, -0.2) is 0 Å². The third kappa shape index (κ3) is 4.93. The maximum atomic E-state index is 11.7. The fourth-order valence-electron chi connectivity index (χ4n) is 1.40. The van der Waals surface area contributed by atoms with Crippen LogP contribution in [0.3, 0.4) is 0 Å². The predicted octanol–water partition coefficient (Wildman–Crippen LogP) is 0.728. The standard InChI is InChI=1S/C14H17NO4/c1-15(9-12(17)10-16)14(18)8-5-11-3-6-13(19-2)7-4-11/h3-8,16H,9-10H2,1-2H3. The summed E-state index contributed by atoms with van der Waals surface area (Å²) in [5.74, 6) is 0.0560. The van der Waals surface area contributed by atoms with Crippen molar-refractivity contribution in [2.24, 2.45) is 0 Å². The number of amides is 1. The molecule has 0 aromatic heterocycles. The van der Waals surface area contributed by atoms with Crippen molar-refractivity contribution in [3.05, 3.63) is 35.9 Å². The van der Waals surface area contributed by atoms with Crippen molar-refractivity contribution in [1.29, 1.82) is 0 Å². The first-order valence-corrected chi connectivity index (χ1v) is 5.76. The summed E-state index contributed by atoms with van der Waals surface area (Å²) < 4.78 is 5.03. The van der Waals surface area contributed by atoms with Crippen LogP contribution in [-0.2, 0) is 9.59 Å². The molecule has 0 spiro atoms. The molecule has 19 heavy (non-hydrogen) atoms. The topological polar surface area (TPSA) is 66.8 Å². The minimum absolute atomic E-state index is 0.0950. The largest absolute Gasteiger partial charge is 0.497 e. The lowest BCUT2D eigenvalue weighted by Crippen LogP contribution is -2.31. The van der Waals surface area contributed by atoms with E-state index in [1.807, 2.05) is 12.1 Å². The fraction of sp³-hybridized carbons (Fsp3) is 0.286. The smallest absolute Gasteiger partial charge is 0.246 e. The highest BCUT2D eigenvalue weighted by Gasteiger charge is 2.09. The lowest BCUT2D eigenvalue weighted by atomic mass is 10.2. The molecule has 1 amide bonds. The molecule has 0 aliphatic rings. The lowest BCUT2D eigenvalue weighted by Gasteiger charge is -2.12. The molecule has 1 aromatic rings. The van der Waals surface area contributed by atoms with Crippen molar-refractivity contribution < 1.29 is 19.4 Å². The number of hydrogen-bond donors (Lipinski definition) is 1. The Morgan fingerprint density at radius 2 is 1.95 bits per heavy atom. The Labute approximate surface area is 112 Å². The maximum Gasteiger partial charge on any atom is 0.246 e. The molecular weight excluding hydrogens is 246 g/mol. The highest BCUT2D eigenvalue weighted by Crippen LogP contribution is 2.12. The van der Waals surface area contributed by atoms with Crippen LogP contribution in [0.5, 0.6) is 5.75 Å². The number of likely N-dealkylation sites (N-methyl/N-ethyl adjacent to an activating group) is 1. The molecule has 5 nitrogen and oxygen atoms in total. The Morgan fingerprint density at radius 3 is 2.47 bits per heavy atom. The second-order valence-corrected chi connectivity index (χ2v) is 4.00. The van der Waals surface area contributed by atoms with Crippen LogP contribution in [0.1, 0.15) is 5.56 Å². The zero-order valence-corrected chi connectivity index (χ0v) is 11.0. The number of nitrogens with zero attached hydrogens (tertiary/aromatic N) is 1. The summed E-state index contributed by atoms with van der Waals surface area (Å²) in [7, 11) is 3.09. The van der Waals surface area contributed by atoms with Crippen LogP contribution in [0.2, 0.25) is 0 Å². The van der Waals surface area contributed by atoms with Crippen LogP contribution >= 0.6 is 0 Å². The van der Waals surface area contributed by atoms with Gasteiger partial charge in [-0.15, -0.1) is 0 Å². The number of carbonyl (C=O) groups is 2. The zero-order chi connectivity index (χ0) is 14.3.